The van der Waals surface area contributed by atoms with Gasteiger partial charge in [0.15, 0.2) is 0 Å². The number of benzene rings is 6. The van der Waals surface area contributed by atoms with Gasteiger partial charge in [-0.1, -0.05) is 72.8 Å². The monoisotopic (exact) mass is 1220 g/mol. The van der Waals surface area contributed by atoms with Crippen LogP contribution in [-0.4, -0.2) is 141 Å². The van der Waals surface area contributed by atoms with Crippen molar-refractivity contribution in [1.29, 1.82) is 0 Å². The number of nitrogens with zero attached hydrogens (tertiary/aromatic N) is 4. The molecule has 0 aliphatic carbocycles. The molecule has 3 aliphatic rings. The minimum atomic E-state index is -0.872. The van der Waals surface area contributed by atoms with Gasteiger partial charge in [-0.25, -0.2) is 13.2 Å². The number of Topliss-reactive ketones (excluding diaryl/α,β-unsaturated/α-hetero) is 3. The van der Waals surface area contributed by atoms with E-state index in [-0.39, 0.29) is 80.3 Å². The molecule has 3 fully saturated rings. The van der Waals surface area contributed by atoms with E-state index < -0.39 is 58.4 Å². The van der Waals surface area contributed by atoms with Crippen LogP contribution in [0.4, 0.5) is 13.2 Å². The first-order valence-corrected chi connectivity index (χ1v) is 28.4. The van der Waals surface area contributed by atoms with Crippen LogP contribution in [-0.2, 0) is 14.4 Å². The van der Waals surface area contributed by atoms with Crippen molar-refractivity contribution in [2.75, 3.05) is 58.9 Å². The molecule has 22 heteroatoms. The highest BCUT2D eigenvalue weighted by Crippen LogP contribution is 2.29. The molecule has 452 valence electrons. The summed E-state index contributed by atoms with van der Waals surface area (Å²) < 4.78 is 44.1. The summed E-state index contributed by atoms with van der Waals surface area (Å²) in [7, 11) is 0. The Bertz CT molecular complexity index is 4100. The Morgan fingerprint density at radius 3 is 1.25 bits per heavy atom. The quantitative estimate of drug-likeness (QED) is 0.0513. The van der Waals surface area contributed by atoms with Gasteiger partial charge in [0.25, 0.3) is 52.8 Å². The molecule has 0 bridgehead atoms. The van der Waals surface area contributed by atoms with Gasteiger partial charge < -0.3 is 41.0 Å². The van der Waals surface area contributed by atoms with Crippen LogP contribution in [0.1, 0.15) is 81.4 Å². The molecule has 6 aromatic carbocycles. The summed E-state index contributed by atoms with van der Waals surface area (Å²) in [6.07, 6.45) is 6.13. The van der Waals surface area contributed by atoms with E-state index in [1.165, 1.54) is 62.1 Å². The number of ketones is 3. The zero-order chi connectivity index (χ0) is 61.3. The van der Waals surface area contributed by atoms with Crippen LogP contribution in [0, 0.1) is 35.2 Å². The third kappa shape index (κ3) is 13.6. The second kappa shape index (κ2) is 28.0. The number of halogens is 4. The van der Waals surface area contributed by atoms with E-state index in [1.54, 1.807) is 109 Å². The van der Waals surface area contributed by atoms with Gasteiger partial charge >= 0.3 is 0 Å². The Hall–Kier alpha value is -9.99. The maximum atomic E-state index is 14.9. The molecule has 18 nitrogen and oxygen atoms in total. The predicted octanol–water partition coefficient (Wildman–Crippen LogP) is 8.42. The molecule has 3 aromatic heterocycles. The van der Waals surface area contributed by atoms with E-state index in [2.05, 4.69) is 20.6 Å². The average Bonchev–Trinajstić information content (AvgIpc) is 2.13. The van der Waals surface area contributed by atoms with Gasteiger partial charge in [0, 0.05) is 115 Å². The van der Waals surface area contributed by atoms with Crippen LogP contribution in [0.25, 0.3) is 32.7 Å². The summed E-state index contributed by atoms with van der Waals surface area (Å²) >= 11 is 0. The molecular formula is C66H61ClF3N9O9. The molecule has 9 aromatic rings. The minimum Gasteiger partial charge on any atom is -0.360 e. The first-order valence-electron chi connectivity index (χ1n) is 28.4. The van der Waals surface area contributed by atoms with Crippen LogP contribution in [0.2, 0.25) is 0 Å². The number of aromatic amines is 2. The smallest absolute Gasteiger partial charge is 0.295 e. The average molecular weight is 1220 g/mol. The number of amides is 5. The Kier molecular flexibility index (Phi) is 19.9. The number of nitrogens with two attached hydrogens (primary N) is 1. The number of nitrogens with one attached hydrogen (secondary N) is 4. The number of carbonyl (C=O) groups is 9. The van der Waals surface area contributed by atoms with Crippen LogP contribution >= 0.6 is 12.4 Å². The molecule has 3 unspecified atom stereocenters. The highest BCUT2D eigenvalue weighted by atomic mass is 35.5. The summed E-state index contributed by atoms with van der Waals surface area (Å²) in [5, 5.41) is 5.99. The van der Waals surface area contributed by atoms with E-state index in [0.29, 0.717) is 99.5 Å². The van der Waals surface area contributed by atoms with Crippen molar-refractivity contribution < 1.29 is 56.3 Å². The minimum absolute atomic E-state index is 0. The molecule has 6 heterocycles. The highest BCUT2D eigenvalue weighted by Gasteiger charge is 2.36. The van der Waals surface area contributed by atoms with E-state index in [0.717, 1.165) is 6.42 Å². The van der Waals surface area contributed by atoms with Crippen molar-refractivity contribution in [3.63, 3.8) is 0 Å². The first-order chi connectivity index (χ1) is 42.1. The number of carbonyl (C=O) groups excluding carboxylic acids is 9. The lowest BCUT2D eigenvalue weighted by Gasteiger charge is -2.16. The van der Waals surface area contributed by atoms with Crippen molar-refractivity contribution in [3.05, 3.63) is 215 Å². The van der Waals surface area contributed by atoms with Gasteiger partial charge in [-0.2, -0.15) is 0 Å². The Morgan fingerprint density at radius 1 is 0.455 bits per heavy atom. The summed E-state index contributed by atoms with van der Waals surface area (Å²) in [5.41, 5.74) is 8.26. The molecule has 12 rings (SSSR count). The van der Waals surface area contributed by atoms with E-state index in [9.17, 15) is 56.3 Å². The highest BCUT2D eigenvalue weighted by molar-refractivity contribution is 6.46. The second-order valence-corrected chi connectivity index (χ2v) is 21.5. The van der Waals surface area contributed by atoms with Gasteiger partial charge in [0.1, 0.15) is 17.5 Å². The van der Waals surface area contributed by atoms with Crippen LogP contribution in [0.3, 0.4) is 0 Å². The molecule has 3 saturated heterocycles. The van der Waals surface area contributed by atoms with Crippen LogP contribution < -0.4 is 16.4 Å². The molecule has 0 radical (unpaired) electrons. The maximum absolute atomic E-state index is 14.9. The standard InChI is InChI=1S/C29H24FN3O4.C22H20FN3O3.C15H16FN3O2.ClH/c30-23-12-7-13-24-25(23)22(18-33(24)28(36)21-10-5-2-6-11-21)26(34)29(37)32-15-14-19(17-32)16-31-27(35)20-8-3-1-4-9-20;23-17-7-4-8-18-19(17)16(12-24-18)20(27)22(29)26-10-9-14(13-26)11-25-21(28)15-5-2-1-3-6-15;16-11-2-1-3-12-13(11)10(7-18-12)14(20)15(21)19-5-4-9(6-17)8-19;/h1-13,18-19H,14-17H2,(H,31,35);1-8,12,14,24H,9-11,13H2,(H,25,28);1-3,7,9,18H,4-6,8,17H2;1H. The van der Waals surface area contributed by atoms with Crippen LogP contribution in [0.15, 0.2) is 164 Å². The van der Waals surface area contributed by atoms with E-state index in [4.69, 9.17) is 5.73 Å². The molecule has 0 saturated carbocycles. The van der Waals surface area contributed by atoms with Crippen molar-refractivity contribution in [3.8, 4) is 0 Å². The fourth-order valence-electron chi connectivity index (χ4n) is 11.2. The fraction of sp³-hybridized carbons (Fsp3) is 0.227. The Balaban J connectivity index is 0.000000162. The number of likely N-dealkylation sites (tertiary alicyclic amines) is 3. The molecule has 3 aliphatic heterocycles. The predicted molar refractivity (Wildman–Crippen MR) is 325 cm³/mol. The lowest BCUT2D eigenvalue weighted by Crippen LogP contribution is -2.36. The van der Waals surface area contributed by atoms with E-state index in [1.807, 2.05) is 12.1 Å². The van der Waals surface area contributed by atoms with Gasteiger partial charge in [-0.3, -0.25) is 47.7 Å². The molecular weight excluding hydrogens is 1160 g/mol. The summed E-state index contributed by atoms with van der Waals surface area (Å²) in [6, 6.07) is 39.3. The summed E-state index contributed by atoms with van der Waals surface area (Å²) in [6.45, 7) is 3.76. The van der Waals surface area contributed by atoms with Crippen molar-refractivity contribution in [2.24, 2.45) is 23.5 Å². The fourth-order valence-corrected chi connectivity index (χ4v) is 11.2. The number of hydrogen-bond donors (Lipinski definition) is 5. The lowest BCUT2D eigenvalue weighted by atomic mass is 10.1. The number of hydrogen-bond acceptors (Lipinski definition) is 10. The third-order valence-corrected chi connectivity index (χ3v) is 15.9. The Morgan fingerprint density at radius 2 is 0.830 bits per heavy atom. The van der Waals surface area contributed by atoms with Crippen molar-refractivity contribution in [1.82, 2.24) is 39.9 Å². The van der Waals surface area contributed by atoms with Crippen LogP contribution in [0.5, 0.6) is 0 Å². The SMILES string of the molecule is Cl.NCC1CCN(C(=O)C(=O)c2c[nH]c3cccc(F)c23)C1.O=C(NCC1CCN(C(=O)C(=O)c2c[nH]c3cccc(F)c23)C1)c1ccccc1.O=C(NCC1CCN(C(=O)C(=O)c2cn(C(=O)c3ccccc3)c3cccc(F)c23)C1)c1ccccc1. The van der Waals surface area contributed by atoms with Gasteiger partial charge in [0.05, 0.1) is 22.2 Å². The maximum Gasteiger partial charge on any atom is 0.295 e. The summed E-state index contributed by atoms with van der Waals surface area (Å²) in [4.78, 5) is 124. The molecule has 5 amide bonds. The lowest BCUT2D eigenvalue weighted by molar-refractivity contribution is -0.126. The molecule has 88 heavy (non-hydrogen) atoms. The Labute approximate surface area is 508 Å². The summed E-state index contributed by atoms with van der Waals surface area (Å²) in [5.74, 6) is -6.50. The molecule has 6 N–H and O–H groups in total. The van der Waals surface area contributed by atoms with E-state index >= 15 is 0 Å². The van der Waals surface area contributed by atoms with Gasteiger partial charge in [-0.05, 0) is 116 Å². The largest absolute Gasteiger partial charge is 0.360 e. The van der Waals surface area contributed by atoms with Gasteiger partial charge in [0.2, 0.25) is 0 Å². The normalized spacial score (nSPS) is 16.0. The van der Waals surface area contributed by atoms with Gasteiger partial charge in [-0.15, -0.1) is 12.4 Å². The number of H-pyrrole nitrogens is 2. The first kappa shape index (κ1) is 62.5. The zero-order valence-electron chi connectivity index (χ0n) is 47.4. The molecule has 3 atom stereocenters. The number of fused-ring (bicyclic) bond motifs is 3. The van der Waals surface area contributed by atoms with Crippen molar-refractivity contribution >= 4 is 97.9 Å². The number of aromatic nitrogens is 3. The third-order valence-electron chi connectivity index (χ3n) is 15.9. The topological polar surface area (TPSA) is 250 Å². The number of rotatable bonds is 14. The molecule has 0 spiro atoms. The second-order valence-electron chi connectivity index (χ2n) is 21.5. The van der Waals surface area contributed by atoms with Crippen molar-refractivity contribution in [2.45, 2.75) is 19.3 Å². The zero-order valence-corrected chi connectivity index (χ0v) is 48.2.